The molecule has 1 atom stereocenters. The molecule has 1 fully saturated rings. The third-order valence-corrected chi connectivity index (χ3v) is 6.43. The molecule has 3 aromatic rings. The van der Waals surface area contributed by atoms with Crippen LogP contribution in [0.3, 0.4) is 0 Å². The highest BCUT2D eigenvalue weighted by atomic mass is 16.6. The van der Waals surface area contributed by atoms with Crippen LogP contribution in [0.25, 0.3) is 11.0 Å². The summed E-state index contributed by atoms with van der Waals surface area (Å²) in [5.74, 6) is 0.289. The number of pyridine rings is 1. The van der Waals surface area contributed by atoms with E-state index in [1.807, 2.05) is 71.0 Å². The van der Waals surface area contributed by atoms with E-state index in [4.69, 9.17) is 13.9 Å². The molecule has 0 saturated carbocycles. The summed E-state index contributed by atoms with van der Waals surface area (Å²) in [6, 6.07) is 10.6. The first-order valence-electron chi connectivity index (χ1n) is 12.7. The molecule has 2 aromatic heterocycles. The van der Waals surface area contributed by atoms with Crippen molar-refractivity contribution in [2.45, 2.75) is 52.8 Å². The number of hydrogen-bond donors (Lipinski definition) is 0. The molecule has 8 nitrogen and oxygen atoms in total. The smallest absolute Gasteiger partial charge is 0.410 e. The first-order valence-corrected chi connectivity index (χ1v) is 12.7. The van der Waals surface area contributed by atoms with E-state index in [-0.39, 0.29) is 19.8 Å². The quantitative estimate of drug-likeness (QED) is 0.310. The summed E-state index contributed by atoms with van der Waals surface area (Å²) < 4.78 is 17.1. The van der Waals surface area contributed by atoms with Crippen LogP contribution in [-0.2, 0) is 26.4 Å². The Morgan fingerprint density at radius 3 is 2.57 bits per heavy atom. The average Bonchev–Trinajstić information content (AvgIpc) is 3.38. The lowest BCUT2D eigenvalue weighted by atomic mass is 9.96. The van der Waals surface area contributed by atoms with Crippen molar-refractivity contribution in [2.75, 3.05) is 26.2 Å². The van der Waals surface area contributed by atoms with E-state index in [1.165, 1.54) is 11.0 Å². The van der Waals surface area contributed by atoms with Crippen molar-refractivity contribution >= 4 is 23.0 Å². The fourth-order valence-electron chi connectivity index (χ4n) is 4.30. The number of esters is 1. The molecule has 37 heavy (non-hydrogen) atoms. The van der Waals surface area contributed by atoms with Gasteiger partial charge in [-0.3, -0.25) is 14.8 Å². The molecule has 1 amide bonds. The van der Waals surface area contributed by atoms with Gasteiger partial charge in [0.25, 0.3) is 0 Å². The van der Waals surface area contributed by atoms with E-state index >= 15 is 0 Å². The Morgan fingerprint density at radius 2 is 1.89 bits per heavy atom. The molecular weight excluding hydrogens is 470 g/mol. The van der Waals surface area contributed by atoms with Gasteiger partial charge in [0, 0.05) is 43.0 Å². The topological polar surface area (TPSA) is 85.1 Å². The monoisotopic (exact) mass is 507 g/mol. The lowest BCUT2D eigenvalue weighted by Gasteiger charge is -2.45. The van der Waals surface area contributed by atoms with Crippen LogP contribution in [0.2, 0.25) is 0 Å². The number of ether oxygens (including phenoxy) is 2. The van der Waals surface area contributed by atoms with Gasteiger partial charge >= 0.3 is 12.1 Å². The van der Waals surface area contributed by atoms with Gasteiger partial charge in [-0.15, -0.1) is 0 Å². The Morgan fingerprint density at radius 1 is 1.16 bits per heavy atom. The SMILES string of the molecule is C=CCOC(=O)N1CCN(C(C)(C)c2cc3cncc(C)c3o2)C[C@H]1C(=O)OCc1ccccc1.CC. The van der Waals surface area contributed by atoms with Crippen molar-refractivity contribution in [1.82, 2.24) is 14.8 Å². The van der Waals surface area contributed by atoms with Crippen LogP contribution in [0.1, 0.15) is 44.6 Å². The number of benzene rings is 1. The Labute approximate surface area is 218 Å². The molecule has 8 heteroatoms. The maximum absolute atomic E-state index is 13.2. The number of piperazine rings is 1. The first-order chi connectivity index (χ1) is 17.8. The Kier molecular flexibility index (Phi) is 9.47. The number of furan rings is 1. The van der Waals surface area contributed by atoms with Crippen molar-refractivity contribution in [2.24, 2.45) is 0 Å². The first kappa shape index (κ1) is 27.9. The van der Waals surface area contributed by atoms with Crippen LogP contribution in [-0.4, -0.2) is 59.1 Å². The van der Waals surface area contributed by atoms with Crippen molar-refractivity contribution in [3.63, 3.8) is 0 Å². The van der Waals surface area contributed by atoms with Gasteiger partial charge in [0.2, 0.25) is 0 Å². The average molecular weight is 508 g/mol. The molecule has 0 bridgehead atoms. The maximum Gasteiger partial charge on any atom is 0.410 e. The molecule has 1 aliphatic rings. The third kappa shape index (κ3) is 6.38. The minimum absolute atomic E-state index is 0.0721. The lowest BCUT2D eigenvalue weighted by molar-refractivity contribution is -0.154. The number of carbonyl (C=O) groups is 2. The van der Waals surface area contributed by atoms with Gasteiger partial charge in [0.1, 0.15) is 30.6 Å². The predicted molar refractivity (Wildman–Crippen MR) is 143 cm³/mol. The van der Waals surface area contributed by atoms with Crippen LogP contribution in [0.5, 0.6) is 0 Å². The molecule has 1 aromatic carbocycles. The van der Waals surface area contributed by atoms with Crippen LogP contribution < -0.4 is 0 Å². The van der Waals surface area contributed by atoms with E-state index < -0.39 is 23.6 Å². The van der Waals surface area contributed by atoms with Crippen LogP contribution >= 0.6 is 0 Å². The fourth-order valence-corrected chi connectivity index (χ4v) is 4.30. The highest BCUT2D eigenvalue weighted by Gasteiger charge is 2.43. The van der Waals surface area contributed by atoms with Gasteiger partial charge < -0.3 is 13.9 Å². The highest BCUT2D eigenvalue weighted by molar-refractivity contribution is 5.82. The Hall–Kier alpha value is -3.65. The molecular formula is C29H37N3O5. The number of amides is 1. The second kappa shape index (κ2) is 12.5. The van der Waals surface area contributed by atoms with Gasteiger partial charge in [-0.2, -0.15) is 0 Å². The zero-order valence-electron chi connectivity index (χ0n) is 22.4. The molecule has 4 rings (SSSR count). The van der Waals surface area contributed by atoms with Gasteiger partial charge in [-0.05, 0) is 32.4 Å². The predicted octanol–water partition coefficient (Wildman–Crippen LogP) is 5.45. The standard InChI is InChI=1S/C27H31N3O5.C2H6/c1-5-13-33-26(32)30-12-11-29(17-22(30)25(31)34-18-20-9-7-6-8-10-20)27(3,4)23-14-21-16-28-15-19(2)24(21)35-23;1-2/h5-10,14-16,22H,1,11-13,17-18H2,2-4H3;1-2H3/t22-;/m0./s1. The zero-order chi connectivity index (χ0) is 27.0. The van der Waals surface area contributed by atoms with Gasteiger partial charge in [-0.25, -0.2) is 9.59 Å². The maximum atomic E-state index is 13.2. The van der Waals surface area contributed by atoms with Gasteiger partial charge in [-0.1, -0.05) is 56.8 Å². The van der Waals surface area contributed by atoms with Crippen LogP contribution in [0.15, 0.2) is 65.9 Å². The van der Waals surface area contributed by atoms with Crippen molar-refractivity contribution in [1.29, 1.82) is 0 Å². The molecule has 1 aliphatic heterocycles. The van der Waals surface area contributed by atoms with E-state index in [0.717, 1.165) is 27.9 Å². The van der Waals surface area contributed by atoms with Gasteiger partial charge in [0.05, 0.1) is 5.54 Å². The summed E-state index contributed by atoms with van der Waals surface area (Å²) in [7, 11) is 0. The number of fused-ring (bicyclic) bond motifs is 1. The molecule has 1 saturated heterocycles. The Balaban J connectivity index is 0.00000186. The summed E-state index contributed by atoms with van der Waals surface area (Å²) in [6.07, 6.45) is 4.49. The summed E-state index contributed by atoms with van der Waals surface area (Å²) >= 11 is 0. The molecule has 198 valence electrons. The highest BCUT2D eigenvalue weighted by Crippen LogP contribution is 2.35. The number of carbonyl (C=O) groups excluding carboxylic acids is 2. The molecule has 0 aliphatic carbocycles. The van der Waals surface area contributed by atoms with Crippen molar-refractivity contribution in [3.8, 4) is 0 Å². The molecule has 0 N–H and O–H groups in total. The molecule has 3 heterocycles. The third-order valence-electron chi connectivity index (χ3n) is 6.43. The summed E-state index contributed by atoms with van der Waals surface area (Å²) in [5, 5.41) is 0.929. The lowest BCUT2D eigenvalue weighted by Crippen LogP contribution is -2.62. The molecule has 0 radical (unpaired) electrons. The number of rotatable bonds is 7. The normalized spacial score (nSPS) is 16.0. The zero-order valence-corrected chi connectivity index (χ0v) is 22.4. The second-order valence-electron chi connectivity index (χ2n) is 9.16. The van der Waals surface area contributed by atoms with E-state index in [2.05, 4.69) is 16.5 Å². The number of nitrogens with zero attached hydrogens (tertiary/aromatic N) is 3. The number of hydrogen-bond acceptors (Lipinski definition) is 7. The number of aromatic nitrogens is 1. The van der Waals surface area contributed by atoms with E-state index in [1.54, 1.807) is 12.4 Å². The number of aryl methyl sites for hydroxylation is 1. The summed E-state index contributed by atoms with van der Waals surface area (Å²) in [6.45, 7) is 15.0. The second-order valence-corrected chi connectivity index (χ2v) is 9.16. The fraction of sp³-hybridized carbons (Fsp3) is 0.414. The van der Waals surface area contributed by atoms with E-state index in [0.29, 0.717) is 13.1 Å². The summed E-state index contributed by atoms with van der Waals surface area (Å²) in [5.41, 5.74) is 2.09. The Bertz CT molecular complexity index is 1200. The molecule has 0 unspecified atom stereocenters. The van der Waals surface area contributed by atoms with E-state index in [9.17, 15) is 9.59 Å². The molecule has 0 spiro atoms. The van der Waals surface area contributed by atoms with Gasteiger partial charge in [0.15, 0.2) is 0 Å². The van der Waals surface area contributed by atoms with Crippen molar-refractivity contribution in [3.05, 3.63) is 78.3 Å². The minimum Gasteiger partial charge on any atom is -0.459 e. The summed E-state index contributed by atoms with van der Waals surface area (Å²) in [4.78, 5) is 33.8. The van der Waals surface area contributed by atoms with Crippen LogP contribution in [0.4, 0.5) is 4.79 Å². The van der Waals surface area contributed by atoms with Crippen LogP contribution in [0, 0.1) is 6.92 Å². The van der Waals surface area contributed by atoms with Crippen molar-refractivity contribution < 1.29 is 23.5 Å². The minimum atomic E-state index is -0.822. The largest absolute Gasteiger partial charge is 0.459 e.